The minimum Gasteiger partial charge on any atom is -0.351 e. The van der Waals surface area contributed by atoms with Gasteiger partial charge in [0, 0.05) is 13.0 Å². The van der Waals surface area contributed by atoms with Gasteiger partial charge < -0.3 is 4.90 Å². The van der Waals surface area contributed by atoms with Gasteiger partial charge in [-0.2, -0.15) is 0 Å². The highest BCUT2D eigenvalue weighted by Gasteiger charge is 2.35. The van der Waals surface area contributed by atoms with Crippen LogP contribution in [0.15, 0.2) is 4.99 Å². The first kappa shape index (κ1) is 10.7. The fourth-order valence-electron chi connectivity index (χ4n) is 2.59. The number of alkyl halides is 1. The number of nitrogens with zero attached hydrogens (tertiary/aromatic N) is 2. The second kappa shape index (κ2) is 4.37. The summed E-state index contributed by atoms with van der Waals surface area (Å²) in [6.07, 6.45) is 6.89. The lowest BCUT2D eigenvalue weighted by molar-refractivity contribution is 0.275. The molecule has 0 aromatic heterocycles. The van der Waals surface area contributed by atoms with E-state index >= 15 is 0 Å². The summed E-state index contributed by atoms with van der Waals surface area (Å²) >= 11 is 2.59. The predicted octanol–water partition coefficient (Wildman–Crippen LogP) is 3.06. The Bertz CT molecular complexity index is 239. The molecule has 0 amide bonds. The van der Waals surface area contributed by atoms with Gasteiger partial charge in [-0.15, -0.1) is 0 Å². The van der Waals surface area contributed by atoms with Gasteiger partial charge in [-0.25, -0.2) is 0 Å². The van der Waals surface area contributed by atoms with Crippen LogP contribution in [0.3, 0.4) is 0 Å². The summed E-state index contributed by atoms with van der Waals surface area (Å²) in [5.74, 6) is 2.03. The SMILES string of the molecule is CC1=NC2CCCCCC2C(I)N1C. The van der Waals surface area contributed by atoms with Crippen molar-refractivity contribution in [3.05, 3.63) is 0 Å². The maximum Gasteiger partial charge on any atom is 0.0967 e. The summed E-state index contributed by atoms with van der Waals surface area (Å²) < 4.78 is 0.660. The van der Waals surface area contributed by atoms with Gasteiger partial charge in [0.05, 0.1) is 15.9 Å². The molecule has 3 unspecified atom stereocenters. The highest BCUT2D eigenvalue weighted by Crippen LogP contribution is 2.36. The zero-order valence-electron chi connectivity index (χ0n) is 9.04. The second-order valence-corrected chi connectivity index (χ2v) is 5.81. The monoisotopic (exact) mass is 306 g/mol. The van der Waals surface area contributed by atoms with E-state index in [1.807, 2.05) is 0 Å². The van der Waals surface area contributed by atoms with E-state index in [1.54, 1.807) is 0 Å². The van der Waals surface area contributed by atoms with E-state index in [-0.39, 0.29) is 0 Å². The fraction of sp³-hybridized carbons (Fsp3) is 0.909. The van der Waals surface area contributed by atoms with Crippen molar-refractivity contribution in [2.75, 3.05) is 7.05 Å². The smallest absolute Gasteiger partial charge is 0.0967 e. The molecular weight excluding hydrogens is 287 g/mol. The lowest BCUT2D eigenvalue weighted by atomic mass is 9.93. The molecule has 0 aromatic carbocycles. The number of aliphatic imine (C=N–C) groups is 1. The fourth-order valence-corrected chi connectivity index (χ4v) is 3.84. The summed E-state index contributed by atoms with van der Waals surface area (Å²) in [6, 6.07) is 0.621. The van der Waals surface area contributed by atoms with E-state index in [4.69, 9.17) is 4.99 Å². The first-order valence-electron chi connectivity index (χ1n) is 5.61. The predicted molar refractivity (Wildman–Crippen MR) is 69.0 cm³/mol. The molecule has 1 saturated carbocycles. The van der Waals surface area contributed by atoms with Gasteiger partial charge in [-0.3, -0.25) is 4.99 Å². The molecule has 1 aliphatic heterocycles. The van der Waals surface area contributed by atoms with Crippen LogP contribution < -0.4 is 0 Å². The first-order chi connectivity index (χ1) is 6.70. The summed E-state index contributed by atoms with van der Waals surface area (Å²) in [6.45, 7) is 2.15. The van der Waals surface area contributed by atoms with Crippen molar-refractivity contribution in [2.24, 2.45) is 10.9 Å². The van der Waals surface area contributed by atoms with Crippen molar-refractivity contribution in [1.29, 1.82) is 0 Å². The standard InChI is InChI=1S/C11H19IN2/c1-8-13-10-7-5-3-4-6-9(10)11(12)14(8)2/h9-11H,3-7H2,1-2H3. The lowest BCUT2D eigenvalue weighted by Crippen LogP contribution is -2.45. The van der Waals surface area contributed by atoms with Gasteiger partial charge in [0.25, 0.3) is 0 Å². The Morgan fingerprint density at radius 3 is 2.79 bits per heavy atom. The average molecular weight is 306 g/mol. The molecule has 2 aliphatic rings. The van der Waals surface area contributed by atoms with Crippen molar-refractivity contribution in [2.45, 2.75) is 49.1 Å². The summed E-state index contributed by atoms with van der Waals surface area (Å²) in [5.41, 5.74) is 0. The van der Waals surface area contributed by atoms with Crippen LogP contribution in [0.25, 0.3) is 0 Å². The minimum absolute atomic E-state index is 0.621. The second-order valence-electron chi connectivity index (χ2n) is 4.53. The van der Waals surface area contributed by atoms with E-state index in [0.717, 1.165) is 5.92 Å². The molecule has 1 fully saturated rings. The third-order valence-electron chi connectivity index (χ3n) is 3.62. The summed E-state index contributed by atoms with van der Waals surface area (Å²) in [7, 11) is 2.18. The van der Waals surface area contributed by atoms with Crippen LogP contribution in [0, 0.1) is 5.92 Å². The van der Waals surface area contributed by atoms with Crippen molar-refractivity contribution in [1.82, 2.24) is 4.90 Å². The molecule has 0 N–H and O–H groups in total. The Balaban J connectivity index is 2.20. The largest absolute Gasteiger partial charge is 0.351 e. The molecule has 1 heterocycles. The molecule has 3 heteroatoms. The van der Waals surface area contributed by atoms with Crippen molar-refractivity contribution < 1.29 is 0 Å². The van der Waals surface area contributed by atoms with E-state index in [1.165, 1.54) is 37.9 Å². The molecule has 1 aliphatic carbocycles. The molecule has 0 saturated heterocycles. The van der Waals surface area contributed by atoms with Crippen molar-refractivity contribution in [3.63, 3.8) is 0 Å². The van der Waals surface area contributed by atoms with Crippen LogP contribution in [0.5, 0.6) is 0 Å². The number of fused-ring (bicyclic) bond motifs is 1. The first-order valence-corrected chi connectivity index (χ1v) is 6.86. The zero-order chi connectivity index (χ0) is 10.1. The molecule has 0 aromatic rings. The minimum atomic E-state index is 0.621. The van der Waals surface area contributed by atoms with Gasteiger partial charge in [-0.05, 0) is 19.8 Å². The molecule has 2 nitrogen and oxygen atoms in total. The third kappa shape index (κ3) is 1.92. The van der Waals surface area contributed by atoms with E-state index < -0.39 is 0 Å². The lowest BCUT2D eigenvalue weighted by Gasteiger charge is -2.39. The maximum absolute atomic E-state index is 4.83. The normalized spacial score (nSPS) is 38.6. The number of rotatable bonds is 0. The highest BCUT2D eigenvalue weighted by molar-refractivity contribution is 14.1. The van der Waals surface area contributed by atoms with Crippen molar-refractivity contribution >= 4 is 28.4 Å². The Kier molecular flexibility index (Phi) is 3.34. The molecule has 0 radical (unpaired) electrons. The van der Waals surface area contributed by atoms with Gasteiger partial charge in [0.2, 0.25) is 0 Å². The molecule has 2 rings (SSSR count). The average Bonchev–Trinajstić information content (AvgIpc) is 2.39. The molecule has 3 atom stereocenters. The number of halogens is 1. The van der Waals surface area contributed by atoms with Crippen LogP contribution in [0.2, 0.25) is 0 Å². The molecule has 0 bridgehead atoms. The summed E-state index contributed by atoms with van der Waals surface area (Å²) in [5, 5.41) is 0. The van der Waals surface area contributed by atoms with Crippen LogP contribution in [-0.2, 0) is 0 Å². The summed E-state index contributed by atoms with van der Waals surface area (Å²) in [4.78, 5) is 7.17. The van der Waals surface area contributed by atoms with Gasteiger partial charge in [-0.1, -0.05) is 41.9 Å². The van der Waals surface area contributed by atoms with Crippen molar-refractivity contribution in [3.8, 4) is 0 Å². The number of amidine groups is 1. The number of hydrogen-bond donors (Lipinski definition) is 0. The third-order valence-corrected chi connectivity index (χ3v) is 5.38. The molecule has 14 heavy (non-hydrogen) atoms. The molecular formula is C11H19IN2. The van der Waals surface area contributed by atoms with E-state index in [2.05, 4.69) is 41.5 Å². The quantitative estimate of drug-likeness (QED) is 0.381. The Morgan fingerprint density at radius 2 is 2.00 bits per heavy atom. The van der Waals surface area contributed by atoms with E-state index in [9.17, 15) is 0 Å². The van der Waals surface area contributed by atoms with Gasteiger partial charge in [0.15, 0.2) is 0 Å². The van der Waals surface area contributed by atoms with E-state index in [0.29, 0.717) is 10.1 Å². The molecule has 0 spiro atoms. The van der Waals surface area contributed by atoms with Crippen LogP contribution in [-0.4, -0.2) is 27.9 Å². The van der Waals surface area contributed by atoms with Crippen LogP contribution in [0.4, 0.5) is 0 Å². The number of hydrogen-bond acceptors (Lipinski definition) is 2. The van der Waals surface area contributed by atoms with Crippen LogP contribution >= 0.6 is 22.6 Å². The maximum atomic E-state index is 4.83. The topological polar surface area (TPSA) is 15.6 Å². The zero-order valence-corrected chi connectivity index (χ0v) is 11.2. The molecule has 80 valence electrons. The Labute approximate surface area is 100 Å². The van der Waals surface area contributed by atoms with Gasteiger partial charge in [0.1, 0.15) is 0 Å². The van der Waals surface area contributed by atoms with Gasteiger partial charge >= 0.3 is 0 Å². The Morgan fingerprint density at radius 1 is 1.29 bits per heavy atom. The Hall–Kier alpha value is 0.200. The highest BCUT2D eigenvalue weighted by atomic mass is 127. The van der Waals surface area contributed by atoms with Crippen LogP contribution in [0.1, 0.15) is 39.0 Å².